The summed E-state index contributed by atoms with van der Waals surface area (Å²) in [7, 11) is 0. The zero-order valence-electron chi connectivity index (χ0n) is 9.17. The van der Waals surface area contributed by atoms with Crippen molar-refractivity contribution in [2.24, 2.45) is 0 Å². The first-order chi connectivity index (χ1) is 8.16. The van der Waals surface area contributed by atoms with Crippen LogP contribution < -0.4 is 0 Å². The van der Waals surface area contributed by atoms with Gasteiger partial charge in [0.1, 0.15) is 5.65 Å². The summed E-state index contributed by atoms with van der Waals surface area (Å²) in [4.78, 5) is 7.34. The number of pyridine rings is 1. The topological polar surface area (TPSA) is 28.7 Å². The molecule has 0 aliphatic carbocycles. The molecule has 86 valence electrons. The Morgan fingerprint density at radius 1 is 1.24 bits per heavy atom. The Morgan fingerprint density at radius 3 is 2.76 bits per heavy atom. The molecule has 0 spiro atoms. The summed E-state index contributed by atoms with van der Waals surface area (Å²) in [6, 6.07) is 8.85. The standard InChI is InChI=1S/C13H10F2N2/c1-7-6-9(12(14)15)11-8-4-2-3-5-10(8)17-13(11)16-7/h2-6,12H,1H3,(H,16,17). The molecule has 1 aromatic carbocycles. The van der Waals surface area contributed by atoms with Gasteiger partial charge in [-0.25, -0.2) is 13.8 Å². The second-order valence-corrected chi connectivity index (χ2v) is 4.05. The third-order valence-electron chi connectivity index (χ3n) is 2.86. The molecule has 3 aromatic rings. The summed E-state index contributed by atoms with van der Waals surface area (Å²) < 4.78 is 26.1. The van der Waals surface area contributed by atoms with Gasteiger partial charge in [0.05, 0.1) is 0 Å². The Balaban J connectivity index is 2.53. The minimum atomic E-state index is -2.49. The number of para-hydroxylation sites is 1. The number of fused-ring (bicyclic) bond motifs is 3. The average molecular weight is 232 g/mol. The Hall–Kier alpha value is -1.97. The van der Waals surface area contributed by atoms with Crippen LogP contribution >= 0.6 is 0 Å². The van der Waals surface area contributed by atoms with Crippen molar-refractivity contribution in [1.82, 2.24) is 9.97 Å². The molecule has 17 heavy (non-hydrogen) atoms. The summed E-state index contributed by atoms with van der Waals surface area (Å²) in [6.45, 7) is 1.72. The molecule has 4 heteroatoms. The van der Waals surface area contributed by atoms with E-state index >= 15 is 0 Å². The molecular weight excluding hydrogens is 222 g/mol. The van der Waals surface area contributed by atoms with E-state index in [1.54, 1.807) is 6.92 Å². The molecule has 0 fully saturated rings. The van der Waals surface area contributed by atoms with E-state index in [0.29, 0.717) is 16.7 Å². The minimum absolute atomic E-state index is 0.0463. The summed E-state index contributed by atoms with van der Waals surface area (Å²) in [5.41, 5.74) is 2.01. The lowest BCUT2D eigenvalue weighted by Gasteiger charge is -2.03. The van der Waals surface area contributed by atoms with Crippen LogP contribution in [0.25, 0.3) is 21.9 Å². The molecule has 0 saturated carbocycles. The van der Waals surface area contributed by atoms with E-state index in [1.165, 1.54) is 6.07 Å². The predicted molar refractivity (Wildman–Crippen MR) is 63.3 cm³/mol. The van der Waals surface area contributed by atoms with E-state index in [4.69, 9.17) is 0 Å². The number of alkyl halides is 2. The van der Waals surface area contributed by atoms with Gasteiger partial charge >= 0.3 is 0 Å². The van der Waals surface area contributed by atoms with Crippen molar-refractivity contribution in [3.8, 4) is 0 Å². The van der Waals surface area contributed by atoms with Gasteiger partial charge in [0.25, 0.3) is 6.43 Å². The van der Waals surface area contributed by atoms with Gasteiger partial charge in [-0.15, -0.1) is 0 Å². The smallest absolute Gasteiger partial charge is 0.264 e. The second-order valence-electron chi connectivity index (χ2n) is 4.05. The van der Waals surface area contributed by atoms with Crippen molar-refractivity contribution in [3.63, 3.8) is 0 Å². The van der Waals surface area contributed by atoms with Crippen molar-refractivity contribution in [2.45, 2.75) is 13.3 Å². The van der Waals surface area contributed by atoms with Crippen LogP contribution in [-0.4, -0.2) is 9.97 Å². The molecule has 1 N–H and O–H groups in total. The first-order valence-electron chi connectivity index (χ1n) is 5.33. The molecule has 0 unspecified atom stereocenters. The van der Waals surface area contributed by atoms with Crippen LogP contribution in [0.1, 0.15) is 17.7 Å². The maximum absolute atomic E-state index is 13.0. The monoisotopic (exact) mass is 232 g/mol. The number of hydrogen-bond donors (Lipinski definition) is 1. The predicted octanol–water partition coefficient (Wildman–Crippen LogP) is 3.96. The molecule has 0 aliphatic rings. The Kier molecular flexibility index (Phi) is 2.11. The first-order valence-corrected chi connectivity index (χ1v) is 5.33. The fraction of sp³-hybridized carbons (Fsp3) is 0.154. The lowest BCUT2D eigenvalue weighted by molar-refractivity contribution is 0.153. The number of aromatic amines is 1. The van der Waals surface area contributed by atoms with Crippen molar-refractivity contribution in [1.29, 1.82) is 0 Å². The highest BCUT2D eigenvalue weighted by Gasteiger charge is 2.17. The molecule has 2 heterocycles. The number of hydrogen-bond acceptors (Lipinski definition) is 1. The fourth-order valence-electron chi connectivity index (χ4n) is 2.18. The quantitative estimate of drug-likeness (QED) is 0.675. The largest absolute Gasteiger partial charge is 0.339 e. The average Bonchev–Trinajstić information content (AvgIpc) is 2.65. The van der Waals surface area contributed by atoms with Gasteiger partial charge in [0.2, 0.25) is 0 Å². The van der Waals surface area contributed by atoms with Crippen LogP contribution in [0.15, 0.2) is 30.3 Å². The van der Waals surface area contributed by atoms with Crippen molar-refractivity contribution >= 4 is 21.9 Å². The minimum Gasteiger partial charge on any atom is -0.339 e. The third kappa shape index (κ3) is 1.48. The molecule has 0 amide bonds. The molecule has 0 saturated heterocycles. The summed E-state index contributed by atoms with van der Waals surface area (Å²) in [5, 5.41) is 1.33. The van der Waals surface area contributed by atoms with Gasteiger partial charge in [0, 0.05) is 27.5 Å². The molecule has 0 aliphatic heterocycles. The Labute approximate surface area is 96.3 Å². The van der Waals surface area contributed by atoms with E-state index in [-0.39, 0.29) is 5.56 Å². The molecule has 0 radical (unpaired) electrons. The van der Waals surface area contributed by atoms with E-state index < -0.39 is 6.43 Å². The van der Waals surface area contributed by atoms with Gasteiger partial charge in [-0.05, 0) is 19.1 Å². The molecule has 2 nitrogen and oxygen atoms in total. The number of halogens is 2. The van der Waals surface area contributed by atoms with Gasteiger partial charge in [-0.1, -0.05) is 18.2 Å². The summed E-state index contributed by atoms with van der Waals surface area (Å²) >= 11 is 0. The zero-order chi connectivity index (χ0) is 12.0. The second kappa shape index (κ2) is 3.52. The Morgan fingerprint density at radius 2 is 2.00 bits per heavy atom. The van der Waals surface area contributed by atoms with Crippen LogP contribution in [0, 0.1) is 6.92 Å². The highest BCUT2D eigenvalue weighted by Crippen LogP contribution is 2.33. The highest BCUT2D eigenvalue weighted by molar-refractivity contribution is 6.07. The SMILES string of the molecule is Cc1cc(C(F)F)c2c(n1)[nH]c1ccccc12. The Bertz CT molecular complexity index is 701. The number of nitrogens with one attached hydrogen (secondary N) is 1. The lowest BCUT2D eigenvalue weighted by Crippen LogP contribution is -1.91. The highest BCUT2D eigenvalue weighted by atomic mass is 19.3. The van der Waals surface area contributed by atoms with Gasteiger partial charge in [-0.2, -0.15) is 0 Å². The molecule has 0 bridgehead atoms. The first kappa shape index (κ1) is 10.2. The van der Waals surface area contributed by atoms with Crippen molar-refractivity contribution < 1.29 is 8.78 Å². The van der Waals surface area contributed by atoms with Gasteiger partial charge in [-0.3, -0.25) is 0 Å². The number of aromatic nitrogens is 2. The van der Waals surface area contributed by atoms with Crippen molar-refractivity contribution in [3.05, 3.63) is 41.6 Å². The maximum atomic E-state index is 13.0. The van der Waals surface area contributed by atoms with Crippen molar-refractivity contribution in [2.75, 3.05) is 0 Å². The molecule has 0 atom stereocenters. The van der Waals surface area contributed by atoms with Crippen LogP contribution in [0.3, 0.4) is 0 Å². The van der Waals surface area contributed by atoms with Gasteiger partial charge < -0.3 is 4.98 Å². The van der Waals surface area contributed by atoms with Crippen LogP contribution in [0.4, 0.5) is 8.78 Å². The van der Waals surface area contributed by atoms with E-state index in [2.05, 4.69) is 9.97 Å². The van der Waals surface area contributed by atoms with Crippen LogP contribution in [-0.2, 0) is 0 Å². The van der Waals surface area contributed by atoms with Crippen LogP contribution in [0.5, 0.6) is 0 Å². The van der Waals surface area contributed by atoms with E-state index in [1.807, 2.05) is 24.3 Å². The number of rotatable bonds is 1. The lowest BCUT2D eigenvalue weighted by atomic mass is 10.1. The zero-order valence-corrected chi connectivity index (χ0v) is 9.17. The summed E-state index contributed by atoms with van der Waals surface area (Å²) in [5.74, 6) is 0. The number of benzene rings is 1. The third-order valence-corrected chi connectivity index (χ3v) is 2.86. The van der Waals surface area contributed by atoms with Crippen LogP contribution in [0.2, 0.25) is 0 Å². The summed E-state index contributed by atoms with van der Waals surface area (Å²) in [6.07, 6.45) is -2.49. The molecule has 2 aromatic heterocycles. The number of H-pyrrole nitrogens is 1. The number of aryl methyl sites for hydroxylation is 1. The van der Waals surface area contributed by atoms with Gasteiger partial charge in [0.15, 0.2) is 0 Å². The molecule has 3 rings (SSSR count). The maximum Gasteiger partial charge on any atom is 0.264 e. The number of nitrogens with zero attached hydrogens (tertiary/aromatic N) is 1. The van der Waals surface area contributed by atoms with E-state index in [9.17, 15) is 8.78 Å². The molecular formula is C13H10F2N2. The fourth-order valence-corrected chi connectivity index (χ4v) is 2.18. The van der Waals surface area contributed by atoms with E-state index in [0.717, 1.165) is 10.9 Å². The normalized spacial score (nSPS) is 11.8.